The Labute approximate surface area is 125 Å². The molecule has 116 valence electrons. The second kappa shape index (κ2) is 6.17. The number of rotatable bonds is 5. The maximum absolute atomic E-state index is 12.0. The van der Waals surface area contributed by atoms with Gasteiger partial charge in [-0.3, -0.25) is 9.59 Å². The van der Waals surface area contributed by atoms with Gasteiger partial charge in [0.2, 0.25) is 0 Å². The van der Waals surface area contributed by atoms with Crippen LogP contribution >= 0.6 is 0 Å². The lowest BCUT2D eigenvalue weighted by molar-refractivity contribution is -0.140. The second-order valence-corrected chi connectivity index (χ2v) is 4.38. The average Bonchev–Trinajstić information content (AvgIpc) is 2.74. The molecule has 2 rings (SSSR count). The first-order chi connectivity index (χ1) is 10.5. The van der Waals surface area contributed by atoms with Crippen molar-refractivity contribution in [1.29, 1.82) is 0 Å². The largest absolute Gasteiger partial charge is 0.497 e. The molecular formula is C14H14N2O6. The van der Waals surface area contributed by atoms with Gasteiger partial charge in [0, 0.05) is 5.56 Å². The van der Waals surface area contributed by atoms with Gasteiger partial charge < -0.3 is 19.9 Å². The minimum atomic E-state index is -1.27. The Morgan fingerprint density at radius 2 is 2.05 bits per heavy atom. The van der Waals surface area contributed by atoms with E-state index >= 15 is 0 Å². The Morgan fingerprint density at radius 1 is 1.32 bits per heavy atom. The molecule has 1 heterocycles. The average molecular weight is 306 g/mol. The van der Waals surface area contributed by atoms with E-state index in [1.165, 1.54) is 20.3 Å². The van der Waals surface area contributed by atoms with Crippen molar-refractivity contribution in [3.05, 3.63) is 29.5 Å². The molecule has 0 radical (unpaired) electrons. The first-order valence-corrected chi connectivity index (χ1v) is 6.24. The molecule has 0 spiro atoms. The monoisotopic (exact) mass is 306 g/mol. The van der Waals surface area contributed by atoms with E-state index in [9.17, 15) is 14.4 Å². The molecule has 1 aromatic rings. The highest BCUT2D eigenvalue weighted by atomic mass is 16.5. The maximum atomic E-state index is 12.0. The zero-order chi connectivity index (χ0) is 16.3. The normalized spacial score (nSPS) is 15.9. The first kappa shape index (κ1) is 15.4. The number of carboxylic acid groups (broad SMARTS) is 1. The van der Waals surface area contributed by atoms with Gasteiger partial charge in [-0.25, -0.2) is 9.69 Å². The summed E-state index contributed by atoms with van der Waals surface area (Å²) in [6.07, 6.45) is 1.41. The number of hydrogen-bond acceptors (Lipinski definition) is 5. The number of methoxy groups -OCH3 is 2. The second-order valence-electron chi connectivity index (χ2n) is 4.38. The molecule has 22 heavy (non-hydrogen) atoms. The van der Waals surface area contributed by atoms with E-state index in [2.05, 4.69) is 5.32 Å². The van der Waals surface area contributed by atoms with E-state index in [-0.39, 0.29) is 5.70 Å². The quantitative estimate of drug-likeness (QED) is 0.612. The van der Waals surface area contributed by atoms with Crippen LogP contribution in [0.2, 0.25) is 0 Å². The van der Waals surface area contributed by atoms with Gasteiger partial charge in [0.05, 0.1) is 14.2 Å². The molecule has 0 bridgehead atoms. The Morgan fingerprint density at radius 3 is 2.64 bits per heavy atom. The highest BCUT2D eigenvalue weighted by molar-refractivity contribution is 6.15. The molecule has 0 unspecified atom stereocenters. The molecule has 0 aromatic heterocycles. The molecule has 1 fully saturated rings. The number of ether oxygens (including phenoxy) is 2. The number of amides is 3. The highest BCUT2D eigenvalue weighted by Crippen LogP contribution is 2.26. The summed E-state index contributed by atoms with van der Waals surface area (Å²) in [6.45, 7) is -0.697. The van der Waals surface area contributed by atoms with Gasteiger partial charge in [0.25, 0.3) is 5.91 Å². The summed E-state index contributed by atoms with van der Waals surface area (Å²) in [6, 6.07) is 4.19. The number of nitrogens with one attached hydrogen (secondary N) is 1. The van der Waals surface area contributed by atoms with Crippen LogP contribution in [0.15, 0.2) is 23.9 Å². The summed E-state index contributed by atoms with van der Waals surface area (Å²) < 4.78 is 10.3. The lowest BCUT2D eigenvalue weighted by atomic mass is 10.1. The van der Waals surface area contributed by atoms with Crippen molar-refractivity contribution in [2.75, 3.05) is 20.8 Å². The number of urea groups is 1. The molecule has 1 saturated heterocycles. The number of benzene rings is 1. The van der Waals surface area contributed by atoms with Gasteiger partial charge in [0.15, 0.2) is 0 Å². The predicted molar refractivity (Wildman–Crippen MR) is 75.4 cm³/mol. The Hall–Kier alpha value is -3.03. The Kier molecular flexibility index (Phi) is 4.31. The summed E-state index contributed by atoms with van der Waals surface area (Å²) >= 11 is 0. The van der Waals surface area contributed by atoms with E-state index in [1.807, 2.05) is 0 Å². The number of aliphatic carboxylic acids is 1. The van der Waals surface area contributed by atoms with Crippen LogP contribution in [0.25, 0.3) is 6.08 Å². The summed E-state index contributed by atoms with van der Waals surface area (Å²) in [4.78, 5) is 35.0. The number of carbonyl (C=O) groups is 3. The van der Waals surface area contributed by atoms with E-state index in [1.54, 1.807) is 18.2 Å². The van der Waals surface area contributed by atoms with Crippen LogP contribution in [0, 0.1) is 0 Å². The fraction of sp³-hybridized carbons (Fsp3) is 0.214. The molecule has 0 atom stereocenters. The summed E-state index contributed by atoms with van der Waals surface area (Å²) in [5, 5.41) is 11.0. The number of hydrogen-bond donors (Lipinski definition) is 2. The SMILES string of the molecule is COc1ccc(OC)c(/C=C2/NC(=O)N(CC(=O)O)C2=O)c1. The lowest BCUT2D eigenvalue weighted by Gasteiger charge is -2.08. The van der Waals surface area contributed by atoms with Gasteiger partial charge in [-0.15, -0.1) is 0 Å². The van der Waals surface area contributed by atoms with Crippen LogP contribution in [-0.4, -0.2) is 48.7 Å². The van der Waals surface area contributed by atoms with E-state index in [0.29, 0.717) is 22.0 Å². The van der Waals surface area contributed by atoms with Gasteiger partial charge >= 0.3 is 12.0 Å². The third-order valence-corrected chi connectivity index (χ3v) is 2.99. The molecular weight excluding hydrogens is 292 g/mol. The van der Waals surface area contributed by atoms with Crippen molar-refractivity contribution >= 4 is 24.0 Å². The highest BCUT2D eigenvalue weighted by Gasteiger charge is 2.35. The van der Waals surface area contributed by atoms with Crippen LogP contribution in [-0.2, 0) is 9.59 Å². The Balaban J connectivity index is 2.36. The molecule has 1 aliphatic rings. The lowest BCUT2D eigenvalue weighted by Crippen LogP contribution is -2.35. The molecule has 8 nitrogen and oxygen atoms in total. The standard InChI is InChI=1S/C14H14N2O6/c1-21-9-3-4-11(22-2)8(5-9)6-10-13(19)16(7-12(17)18)14(20)15-10/h3-6H,7H2,1-2H3,(H,15,20)(H,17,18)/b10-6+. The van der Waals surface area contributed by atoms with Crippen molar-refractivity contribution < 1.29 is 29.0 Å². The molecule has 8 heteroatoms. The summed E-state index contributed by atoms with van der Waals surface area (Å²) in [5.74, 6) is -0.958. The topological polar surface area (TPSA) is 105 Å². The van der Waals surface area contributed by atoms with Gasteiger partial charge in [-0.1, -0.05) is 0 Å². The van der Waals surface area contributed by atoms with Crippen LogP contribution in [0.3, 0.4) is 0 Å². The van der Waals surface area contributed by atoms with Gasteiger partial charge in [-0.2, -0.15) is 0 Å². The predicted octanol–water partition coefficient (Wildman–Crippen LogP) is 0.681. The molecule has 2 N–H and O–H groups in total. The van der Waals surface area contributed by atoms with E-state index < -0.39 is 24.5 Å². The smallest absolute Gasteiger partial charge is 0.329 e. The van der Waals surface area contributed by atoms with Crippen molar-refractivity contribution in [3.63, 3.8) is 0 Å². The minimum Gasteiger partial charge on any atom is -0.497 e. The summed E-state index contributed by atoms with van der Waals surface area (Å²) in [5.41, 5.74) is 0.487. The minimum absolute atomic E-state index is 0.0298. The zero-order valence-corrected chi connectivity index (χ0v) is 12.0. The molecule has 1 aliphatic heterocycles. The third-order valence-electron chi connectivity index (χ3n) is 2.99. The van der Waals surface area contributed by atoms with E-state index in [4.69, 9.17) is 14.6 Å². The van der Waals surface area contributed by atoms with Crippen LogP contribution in [0.4, 0.5) is 4.79 Å². The maximum Gasteiger partial charge on any atom is 0.329 e. The van der Waals surface area contributed by atoms with Crippen LogP contribution in [0.5, 0.6) is 11.5 Å². The van der Waals surface area contributed by atoms with Crippen molar-refractivity contribution in [2.24, 2.45) is 0 Å². The van der Waals surface area contributed by atoms with Crippen molar-refractivity contribution in [1.82, 2.24) is 10.2 Å². The molecule has 3 amide bonds. The molecule has 1 aromatic carbocycles. The number of nitrogens with zero attached hydrogens (tertiary/aromatic N) is 1. The summed E-state index contributed by atoms with van der Waals surface area (Å²) in [7, 11) is 2.96. The fourth-order valence-electron chi connectivity index (χ4n) is 1.96. The van der Waals surface area contributed by atoms with Crippen LogP contribution in [0.1, 0.15) is 5.56 Å². The third kappa shape index (κ3) is 3.00. The molecule has 0 saturated carbocycles. The number of imide groups is 1. The first-order valence-electron chi connectivity index (χ1n) is 6.24. The number of carbonyl (C=O) groups excluding carboxylic acids is 2. The van der Waals surface area contributed by atoms with Gasteiger partial charge in [-0.05, 0) is 24.3 Å². The fourth-order valence-corrected chi connectivity index (χ4v) is 1.96. The van der Waals surface area contributed by atoms with Gasteiger partial charge in [0.1, 0.15) is 23.7 Å². The zero-order valence-electron chi connectivity index (χ0n) is 12.0. The number of carboxylic acids is 1. The van der Waals surface area contributed by atoms with Crippen molar-refractivity contribution in [3.8, 4) is 11.5 Å². The van der Waals surface area contributed by atoms with Crippen molar-refractivity contribution in [2.45, 2.75) is 0 Å². The van der Waals surface area contributed by atoms with Crippen LogP contribution < -0.4 is 14.8 Å². The molecule has 0 aliphatic carbocycles. The van der Waals surface area contributed by atoms with E-state index in [0.717, 1.165) is 0 Å². The Bertz CT molecular complexity index is 667.